The summed E-state index contributed by atoms with van der Waals surface area (Å²) < 4.78 is 0. The third kappa shape index (κ3) is 8.00. The first-order valence-corrected chi connectivity index (χ1v) is 29.9. The summed E-state index contributed by atoms with van der Waals surface area (Å²) in [6, 6.07) is 94.5. The molecule has 2 nitrogen and oxygen atoms in total. The van der Waals surface area contributed by atoms with Crippen molar-refractivity contribution in [1.82, 2.24) is 0 Å². The first-order valence-electron chi connectivity index (χ1n) is 29.9. The van der Waals surface area contributed by atoms with Crippen LogP contribution in [0.3, 0.4) is 0 Å². The summed E-state index contributed by atoms with van der Waals surface area (Å²) in [4.78, 5) is 5.13. The van der Waals surface area contributed by atoms with E-state index in [-0.39, 0.29) is 6.04 Å². The van der Waals surface area contributed by atoms with Crippen molar-refractivity contribution >= 4 is 121 Å². The van der Waals surface area contributed by atoms with Crippen LogP contribution in [-0.2, 0) is 6.42 Å². The van der Waals surface area contributed by atoms with Gasteiger partial charge in [0.1, 0.15) is 0 Å². The van der Waals surface area contributed by atoms with E-state index in [1.807, 2.05) is 0 Å². The van der Waals surface area contributed by atoms with Crippen LogP contribution in [0, 0.1) is 0 Å². The molecule has 1 atom stereocenters. The molecule has 14 aromatic carbocycles. The highest BCUT2D eigenvalue weighted by molar-refractivity contribution is 6.28. The lowest BCUT2D eigenvalue weighted by atomic mass is 9.80. The summed E-state index contributed by atoms with van der Waals surface area (Å²) in [6.07, 6.45) is 19.4. The first-order chi connectivity index (χ1) is 41.6. The third-order valence-corrected chi connectivity index (χ3v) is 18.6. The highest BCUT2D eigenvalue weighted by atomic mass is 15.2. The molecule has 0 saturated heterocycles. The Labute approximate surface area is 489 Å². The predicted molar refractivity (Wildman–Crippen MR) is 361 cm³/mol. The smallest absolute Gasteiger partial charge is 0.0562 e. The Kier molecular flexibility index (Phi) is 11.4. The average Bonchev–Trinajstić information content (AvgIpc) is 1.02. The van der Waals surface area contributed by atoms with E-state index >= 15 is 0 Å². The number of benzene rings is 14. The van der Waals surface area contributed by atoms with Crippen LogP contribution in [0.25, 0.3) is 115 Å². The van der Waals surface area contributed by atoms with E-state index in [2.05, 4.69) is 295 Å². The Hall–Kier alpha value is -10.3. The quantitative estimate of drug-likeness (QED) is 0.111. The van der Waals surface area contributed by atoms with Gasteiger partial charge in [0.2, 0.25) is 0 Å². The van der Waals surface area contributed by atoms with Gasteiger partial charge in [-0.15, -0.1) is 0 Å². The Morgan fingerprint density at radius 3 is 1.44 bits per heavy atom. The van der Waals surface area contributed by atoms with Crippen molar-refractivity contribution in [2.24, 2.45) is 0 Å². The number of anilines is 5. The second kappa shape index (κ2) is 19.7. The number of aryl methyl sites for hydroxylation is 1. The summed E-state index contributed by atoms with van der Waals surface area (Å²) in [5.41, 5.74) is 16.3. The standard InChI is InChI=1S/C82H58N2/c1-5-21-57-45-63(37-33-53(57)17-1)83(64-38-34-54-18-2-6-22-58(54)46-64)67-41-43-75-79(51-67)81(77-49-61-25-9-11-27-69(61)71-29-13-15-31-73(71)77)76-44-42-68(52-80(76)82(75)78-50-62-26-10-12-28-70(62)72-30-14-16-32-74(72)78)84(65-39-35-55-19-3-7-23-59(55)47-65)66-40-36-56-20-4-8-24-60(56)48-66/h1-7,10-23,26-47,49-52,66H,8-9,24-25,48H2. The van der Waals surface area contributed by atoms with E-state index < -0.39 is 0 Å². The number of fused-ring (bicyclic) bond motifs is 11. The molecule has 17 rings (SSSR count). The molecule has 0 spiro atoms. The van der Waals surface area contributed by atoms with Gasteiger partial charge in [-0.05, 0) is 230 Å². The molecular formula is C82H58N2. The van der Waals surface area contributed by atoms with E-state index in [1.54, 1.807) is 5.57 Å². The second-order valence-electron chi connectivity index (χ2n) is 23.3. The lowest BCUT2D eigenvalue weighted by molar-refractivity contribution is 0.716. The van der Waals surface area contributed by atoms with E-state index in [9.17, 15) is 0 Å². The van der Waals surface area contributed by atoms with Gasteiger partial charge in [0.05, 0.1) is 6.04 Å². The molecule has 14 aromatic rings. The van der Waals surface area contributed by atoms with E-state index in [1.165, 1.54) is 137 Å². The van der Waals surface area contributed by atoms with Crippen molar-refractivity contribution in [3.8, 4) is 22.3 Å². The summed E-state index contributed by atoms with van der Waals surface area (Å²) in [7, 11) is 0. The molecule has 0 saturated carbocycles. The summed E-state index contributed by atoms with van der Waals surface area (Å²) in [5.74, 6) is 0. The Morgan fingerprint density at radius 1 is 0.310 bits per heavy atom. The molecule has 0 heterocycles. The van der Waals surface area contributed by atoms with Gasteiger partial charge >= 0.3 is 0 Å². The van der Waals surface area contributed by atoms with Crippen LogP contribution in [-0.4, -0.2) is 6.04 Å². The molecule has 3 aliphatic rings. The number of hydrogen-bond acceptors (Lipinski definition) is 2. The van der Waals surface area contributed by atoms with Gasteiger partial charge in [-0.25, -0.2) is 0 Å². The van der Waals surface area contributed by atoms with Crippen LogP contribution in [0.2, 0.25) is 0 Å². The van der Waals surface area contributed by atoms with Gasteiger partial charge in [0.15, 0.2) is 0 Å². The molecule has 0 fully saturated rings. The van der Waals surface area contributed by atoms with E-state index in [0.717, 1.165) is 49.2 Å². The molecule has 3 aliphatic carbocycles. The van der Waals surface area contributed by atoms with E-state index in [0.29, 0.717) is 0 Å². The first kappa shape index (κ1) is 48.4. The molecular weight excluding hydrogens is 1010 g/mol. The van der Waals surface area contributed by atoms with Gasteiger partial charge in [-0.3, -0.25) is 0 Å². The van der Waals surface area contributed by atoms with Crippen LogP contribution < -0.4 is 9.80 Å². The van der Waals surface area contributed by atoms with Crippen molar-refractivity contribution in [2.75, 3.05) is 9.80 Å². The molecule has 2 heteroatoms. The van der Waals surface area contributed by atoms with Crippen LogP contribution in [0.15, 0.2) is 290 Å². The Morgan fingerprint density at radius 2 is 0.774 bits per heavy atom. The molecule has 0 bridgehead atoms. The molecule has 0 radical (unpaired) electrons. The third-order valence-electron chi connectivity index (χ3n) is 18.6. The molecule has 0 aliphatic heterocycles. The molecule has 1 unspecified atom stereocenters. The monoisotopic (exact) mass is 1070 g/mol. The van der Waals surface area contributed by atoms with Crippen molar-refractivity contribution < 1.29 is 0 Å². The average molecular weight is 1070 g/mol. The van der Waals surface area contributed by atoms with Crippen molar-refractivity contribution in [3.05, 3.63) is 301 Å². The van der Waals surface area contributed by atoms with Gasteiger partial charge in [-0.2, -0.15) is 0 Å². The number of hydrogen-bond donors (Lipinski definition) is 0. The maximum atomic E-state index is 2.64. The Balaban J connectivity index is 1.01. The molecule has 0 amide bonds. The second-order valence-corrected chi connectivity index (χ2v) is 23.3. The van der Waals surface area contributed by atoms with Crippen LogP contribution in [0.5, 0.6) is 0 Å². The zero-order valence-electron chi connectivity index (χ0n) is 46.6. The maximum absolute atomic E-state index is 2.64. The highest BCUT2D eigenvalue weighted by Gasteiger charge is 2.29. The zero-order chi connectivity index (χ0) is 55.2. The van der Waals surface area contributed by atoms with Crippen molar-refractivity contribution in [3.63, 3.8) is 0 Å². The minimum atomic E-state index is 0.107. The van der Waals surface area contributed by atoms with Gasteiger partial charge in [0.25, 0.3) is 0 Å². The highest BCUT2D eigenvalue weighted by Crippen LogP contribution is 2.52. The SMILES string of the molecule is C1=CC2=C(CC1)CC(N(c1ccc3ccccc3c1)c1ccc3c(-c4cc5c(c6ccccc46)C=CCC5)c4cc(N(c5ccc6ccccc6c5)c5ccc6ccccc6c5)ccc4c(-c4cc5ccccc5c5ccccc45)c3c1)C=C2. The van der Waals surface area contributed by atoms with E-state index in [4.69, 9.17) is 0 Å². The zero-order valence-corrected chi connectivity index (χ0v) is 46.6. The summed E-state index contributed by atoms with van der Waals surface area (Å²) in [6.45, 7) is 0. The van der Waals surface area contributed by atoms with Crippen molar-refractivity contribution in [1.29, 1.82) is 0 Å². The topological polar surface area (TPSA) is 6.48 Å². The summed E-state index contributed by atoms with van der Waals surface area (Å²) >= 11 is 0. The summed E-state index contributed by atoms with van der Waals surface area (Å²) in [5, 5.41) is 19.8. The van der Waals surface area contributed by atoms with Gasteiger partial charge < -0.3 is 9.80 Å². The maximum Gasteiger partial charge on any atom is 0.0562 e. The van der Waals surface area contributed by atoms with Crippen LogP contribution in [0.1, 0.15) is 36.8 Å². The lowest BCUT2D eigenvalue weighted by Gasteiger charge is -2.36. The minimum absolute atomic E-state index is 0.107. The molecule has 0 N–H and O–H groups in total. The number of rotatable bonds is 8. The fourth-order valence-electron chi connectivity index (χ4n) is 14.6. The van der Waals surface area contributed by atoms with Gasteiger partial charge in [-0.1, -0.05) is 218 Å². The minimum Gasteiger partial charge on any atom is -0.334 e. The number of nitrogens with zero attached hydrogens (tertiary/aromatic N) is 2. The van der Waals surface area contributed by atoms with Crippen molar-refractivity contribution in [2.45, 2.75) is 38.1 Å². The fourth-order valence-corrected chi connectivity index (χ4v) is 14.6. The fraction of sp³-hybridized carbons (Fsp3) is 0.0732. The molecule has 84 heavy (non-hydrogen) atoms. The normalized spacial score (nSPS) is 14.8. The molecule has 396 valence electrons. The largest absolute Gasteiger partial charge is 0.334 e. The lowest BCUT2D eigenvalue weighted by Crippen LogP contribution is -2.31. The van der Waals surface area contributed by atoms with Gasteiger partial charge in [0, 0.05) is 28.4 Å². The Bertz CT molecular complexity index is 5130. The van der Waals surface area contributed by atoms with Crippen LogP contribution in [0.4, 0.5) is 28.4 Å². The predicted octanol–water partition coefficient (Wildman–Crippen LogP) is 22.8. The number of allylic oxidation sites excluding steroid dienone is 5. The molecule has 0 aromatic heterocycles. The van der Waals surface area contributed by atoms with Crippen LogP contribution >= 0.6 is 0 Å².